The number of aromatic nitrogens is 2. The van der Waals surface area contributed by atoms with Crippen LogP contribution >= 0.6 is 23.6 Å². The molecule has 1 saturated heterocycles. The van der Waals surface area contributed by atoms with Gasteiger partial charge in [-0.15, -0.1) is 0 Å². The summed E-state index contributed by atoms with van der Waals surface area (Å²) in [6.45, 7) is 1.95. The number of piperidine rings is 1. The first-order chi connectivity index (χ1) is 11.5. The number of nitrogen functional groups attached to an aromatic ring is 1. The van der Waals surface area contributed by atoms with Crippen LogP contribution in [0.4, 0.5) is 5.82 Å². The second-order valence-corrected chi connectivity index (χ2v) is 8.19. The highest BCUT2D eigenvalue weighted by molar-refractivity contribution is 7.73. The van der Waals surface area contributed by atoms with E-state index >= 15 is 0 Å². The number of amides is 1. The summed E-state index contributed by atoms with van der Waals surface area (Å²) in [5.74, 6) is 0.888. The molecule has 2 aromatic rings. The number of nitrogens with two attached hydrogens (primary N) is 1. The van der Waals surface area contributed by atoms with Gasteiger partial charge < -0.3 is 19.8 Å². The SMILES string of the molecule is Cn1c(N)c(C(=O)N2C[C@@H]3C[C@@H](C2)c2cccc(=O)n2C3)sc1=S. The summed E-state index contributed by atoms with van der Waals surface area (Å²) in [7, 11) is 1.78. The summed E-state index contributed by atoms with van der Waals surface area (Å²) in [5.41, 5.74) is 7.12. The molecule has 24 heavy (non-hydrogen) atoms. The van der Waals surface area contributed by atoms with Crippen LogP contribution in [0.25, 0.3) is 0 Å². The van der Waals surface area contributed by atoms with Crippen LogP contribution < -0.4 is 11.3 Å². The maximum atomic E-state index is 12.9. The quantitative estimate of drug-likeness (QED) is 0.786. The Kier molecular flexibility index (Phi) is 3.61. The van der Waals surface area contributed by atoms with Crippen molar-refractivity contribution in [1.29, 1.82) is 0 Å². The van der Waals surface area contributed by atoms with Crippen molar-refractivity contribution in [2.45, 2.75) is 18.9 Å². The van der Waals surface area contributed by atoms with E-state index in [0.29, 0.717) is 40.2 Å². The molecule has 0 saturated carbocycles. The van der Waals surface area contributed by atoms with E-state index in [2.05, 4.69) is 0 Å². The van der Waals surface area contributed by atoms with Crippen molar-refractivity contribution in [3.05, 3.63) is 43.1 Å². The van der Waals surface area contributed by atoms with Crippen LogP contribution in [0.15, 0.2) is 23.0 Å². The molecule has 2 aromatic heterocycles. The van der Waals surface area contributed by atoms with Gasteiger partial charge in [-0.2, -0.15) is 0 Å². The number of hydrogen-bond acceptors (Lipinski definition) is 5. The van der Waals surface area contributed by atoms with Crippen LogP contribution in [0, 0.1) is 9.87 Å². The van der Waals surface area contributed by atoms with Crippen molar-refractivity contribution in [2.24, 2.45) is 13.0 Å². The number of pyridine rings is 1. The molecule has 126 valence electrons. The minimum Gasteiger partial charge on any atom is -0.384 e. The van der Waals surface area contributed by atoms with Crippen LogP contribution in [0.2, 0.25) is 0 Å². The Morgan fingerprint density at radius 1 is 1.33 bits per heavy atom. The fourth-order valence-corrected chi connectivity index (χ4v) is 5.03. The molecule has 2 bridgehead atoms. The number of thiazole rings is 1. The lowest BCUT2D eigenvalue weighted by atomic mass is 9.83. The van der Waals surface area contributed by atoms with E-state index in [1.165, 1.54) is 11.3 Å². The van der Waals surface area contributed by atoms with Gasteiger partial charge in [-0.05, 0) is 30.6 Å². The van der Waals surface area contributed by atoms with Gasteiger partial charge in [-0.3, -0.25) is 9.59 Å². The fourth-order valence-electron chi connectivity index (χ4n) is 3.82. The average Bonchev–Trinajstić information content (AvgIpc) is 2.82. The summed E-state index contributed by atoms with van der Waals surface area (Å²) in [4.78, 5) is 27.4. The zero-order valence-electron chi connectivity index (χ0n) is 13.3. The molecule has 0 spiro atoms. The van der Waals surface area contributed by atoms with Gasteiger partial charge in [0, 0.05) is 44.4 Å². The van der Waals surface area contributed by atoms with Crippen molar-refractivity contribution in [1.82, 2.24) is 14.0 Å². The molecule has 2 aliphatic rings. The normalized spacial score (nSPS) is 22.3. The third-order valence-corrected chi connectivity index (χ3v) is 6.58. The third-order valence-electron chi connectivity index (χ3n) is 5.02. The van der Waals surface area contributed by atoms with Gasteiger partial charge in [-0.25, -0.2) is 0 Å². The largest absolute Gasteiger partial charge is 0.384 e. The lowest BCUT2D eigenvalue weighted by Gasteiger charge is -2.42. The maximum Gasteiger partial charge on any atom is 0.267 e. The maximum absolute atomic E-state index is 12.9. The molecular weight excluding hydrogens is 344 g/mol. The lowest BCUT2D eigenvalue weighted by molar-refractivity contribution is 0.0600. The first kappa shape index (κ1) is 15.6. The van der Waals surface area contributed by atoms with Crippen LogP contribution in [0.3, 0.4) is 0 Å². The van der Waals surface area contributed by atoms with Gasteiger partial charge in [0.05, 0.1) is 0 Å². The topological polar surface area (TPSA) is 73.3 Å². The van der Waals surface area contributed by atoms with Crippen molar-refractivity contribution in [3.63, 3.8) is 0 Å². The number of hydrogen-bond donors (Lipinski definition) is 1. The van der Waals surface area contributed by atoms with Crippen LogP contribution in [-0.4, -0.2) is 33.0 Å². The van der Waals surface area contributed by atoms with E-state index in [-0.39, 0.29) is 17.4 Å². The molecule has 2 aliphatic heterocycles. The molecule has 0 radical (unpaired) electrons. The zero-order chi connectivity index (χ0) is 17.0. The Morgan fingerprint density at radius 3 is 2.83 bits per heavy atom. The minimum absolute atomic E-state index is 0.0484. The summed E-state index contributed by atoms with van der Waals surface area (Å²) in [6, 6.07) is 5.40. The van der Waals surface area contributed by atoms with Gasteiger partial charge in [0.15, 0.2) is 3.95 Å². The second kappa shape index (κ2) is 5.56. The Labute approximate surface area is 148 Å². The predicted molar refractivity (Wildman–Crippen MR) is 96.0 cm³/mol. The number of anilines is 1. The summed E-state index contributed by atoms with van der Waals surface area (Å²) in [6.07, 6.45) is 1.02. The van der Waals surface area contributed by atoms with Crippen LogP contribution in [-0.2, 0) is 13.6 Å². The average molecular weight is 362 g/mol. The Bertz CT molecular complexity index is 942. The molecule has 2 atom stereocenters. The first-order valence-corrected chi connectivity index (χ1v) is 9.12. The predicted octanol–water partition coefficient (Wildman–Crippen LogP) is 1.82. The standard InChI is InChI=1S/C16H18N4O2S2/c1-18-14(17)13(24-16(18)23)15(22)19-6-9-5-10(8-19)11-3-2-4-12(21)20(11)7-9/h2-4,9-10H,5-8,17H2,1H3/t9-,10-/m0/s1. The van der Waals surface area contributed by atoms with Crippen molar-refractivity contribution >= 4 is 35.3 Å². The molecule has 6 nitrogen and oxygen atoms in total. The van der Waals surface area contributed by atoms with E-state index in [1.807, 2.05) is 15.5 Å². The molecule has 0 aliphatic carbocycles. The van der Waals surface area contributed by atoms with E-state index in [0.717, 1.165) is 12.1 Å². The molecule has 1 fully saturated rings. The lowest BCUT2D eigenvalue weighted by Crippen LogP contribution is -2.49. The number of fused-ring (bicyclic) bond motifs is 4. The Balaban J connectivity index is 1.66. The molecule has 8 heteroatoms. The summed E-state index contributed by atoms with van der Waals surface area (Å²) in [5, 5.41) is 0. The van der Waals surface area contributed by atoms with E-state index < -0.39 is 0 Å². The van der Waals surface area contributed by atoms with Crippen LogP contribution in [0.1, 0.15) is 27.7 Å². The number of carbonyl (C=O) groups is 1. The first-order valence-electron chi connectivity index (χ1n) is 7.90. The second-order valence-electron chi connectivity index (χ2n) is 6.55. The third kappa shape index (κ3) is 2.32. The summed E-state index contributed by atoms with van der Waals surface area (Å²) < 4.78 is 4.14. The van der Waals surface area contributed by atoms with Gasteiger partial charge in [0.1, 0.15) is 10.7 Å². The highest BCUT2D eigenvalue weighted by Crippen LogP contribution is 2.36. The zero-order valence-corrected chi connectivity index (χ0v) is 14.9. The Hall–Kier alpha value is -1.93. The molecule has 1 amide bonds. The van der Waals surface area contributed by atoms with E-state index in [1.54, 1.807) is 23.7 Å². The number of nitrogens with zero attached hydrogens (tertiary/aromatic N) is 3. The van der Waals surface area contributed by atoms with E-state index in [9.17, 15) is 9.59 Å². The van der Waals surface area contributed by atoms with Gasteiger partial charge >= 0.3 is 0 Å². The number of rotatable bonds is 1. The highest BCUT2D eigenvalue weighted by atomic mass is 32.1. The molecule has 4 rings (SSSR count). The highest BCUT2D eigenvalue weighted by Gasteiger charge is 2.37. The van der Waals surface area contributed by atoms with Crippen molar-refractivity contribution < 1.29 is 4.79 Å². The molecule has 0 aromatic carbocycles. The van der Waals surface area contributed by atoms with E-state index in [4.69, 9.17) is 18.0 Å². The van der Waals surface area contributed by atoms with Gasteiger partial charge in [0.25, 0.3) is 11.5 Å². The Morgan fingerprint density at radius 2 is 2.12 bits per heavy atom. The van der Waals surface area contributed by atoms with Gasteiger partial charge in [-0.1, -0.05) is 17.4 Å². The smallest absolute Gasteiger partial charge is 0.267 e. The minimum atomic E-state index is -0.0503. The van der Waals surface area contributed by atoms with Gasteiger partial charge in [0.2, 0.25) is 0 Å². The number of likely N-dealkylation sites (tertiary alicyclic amines) is 1. The monoisotopic (exact) mass is 362 g/mol. The fraction of sp³-hybridized carbons (Fsp3) is 0.438. The molecule has 4 heterocycles. The van der Waals surface area contributed by atoms with Crippen molar-refractivity contribution in [2.75, 3.05) is 18.8 Å². The molecule has 2 N–H and O–H groups in total. The number of carbonyl (C=O) groups excluding carboxylic acids is 1. The van der Waals surface area contributed by atoms with Crippen LogP contribution in [0.5, 0.6) is 0 Å². The molecular formula is C16H18N4O2S2. The summed E-state index contributed by atoms with van der Waals surface area (Å²) >= 11 is 6.49. The molecule has 0 unspecified atom stereocenters. The van der Waals surface area contributed by atoms with Crippen molar-refractivity contribution in [3.8, 4) is 0 Å².